The largest absolute Gasteiger partial charge is 0.425 e. The first-order valence-electron chi connectivity index (χ1n) is 8.47. The molecule has 0 aromatic heterocycles. The SMILES string of the molecule is Cc1ccc(S(=O)(=O)OC(=O)N2CC[C@@H](N)[C@H](c3ccccc3)C2)cc1. The molecule has 1 saturated heterocycles. The predicted molar refractivity (Wildman–Crippen MR) is 98.2 cm³/mol. The Morgan fingerprint density at radius 1 is 1.12 bits per heavy atom. The van der Waals surface area contributed by atoms with Gasteiger partial charge in [-0.3, -0.25) is 0 Å². The maximum Gasteiger partial charge on any atom is 0.425 e. The molecule has 138 valence electrons. The topological polar surface area (TPSA) is 89.7 Å². The maximum absolute atomic E-state index is 12.4. The Kier molecular flexibility index (Phi) is 5.29. The van der Waals surface area contributed by atoms with Crippen molar-refractivity contribution in [2.24, 2.45) is 5.73 Å². The molecule has 0 bridgehead atoms. The maximum atomic E-state index is 12.4. The number of carbonyl (C=O) groups excluding carboxylic acids is 1. The van der Waals surface area contributed by atoms with Gasteiger partial charge in [-0.15, -0.1) is 0 Å². The van der Waals surface area contributed by atoms with Gasteiger partial charge in [-0.05, 0) is 31.0 Å². The molecule has 26 heavy (non-hydrogen) atoms. The summed E-state index contributed by atoms with van der Waals surface area (Å²) < 4.78 is 29.5. The first-order chi connectivity index (χ1) is 12.4. The van der Waals surface area contributed by atoms with Crippen LogP contribution in [-0.4, -0.2) is 38.5 Å². The second-order valence-electron chi connectivity index (χ2n) is 6.53. The smallest absolute Gasteiger partial charge is 0.327 e. The van der Waals surface area contributed by atoms with Gasteiger partial charge in [-0.1, -0.05) is 48.0 Å². The van der Waals surface area contributed by atoms with Crippen LogP contribution < -0.4 is 5.73 Å². The summed E-state index contributed by atoms with van der Waals surface area (Å²) in [6.07, 6.45) is -0.280. The minimum absolute atomic E-state index is 0.0372. The number of likely N-dealkylation sites (tertiary alicyclic amines) is 1. The molecule has 0 spiro atoms. The zero-order valence-corrected chi connectivity index (χ0v) is 15.4. The van der Waals surface area contributed by atoms with Crippen molar-refractivity contribution in [3.63, 3.8) is 0 Å². The van der Waals surface area contributed by atoms with E-state index in [-0.39, 0.29) is 16.9 Å². The number of rotatable bonds is 3. The van der Waals surface area contributed by atoms with Crippen LogP contribution in [0.25, 0.3) is 0 Å². The van der Waals surface area contributed by atoms with E-state index in [0.717, 1.165) is 11.1 Å². The number of nitrogens with two attached hydrogens (primary N) is 1. The van der Waals surface area contributed by atoms with Gasteiger partial charge in [0.25, 0.3) is 0 Å². The van der Waals surface area contributed by atoms with E-state index in [0.29, 0.717) is 19.5 Å². The average Bonchev–Trinajstić information content (AvgIpc) is 2.63. The lowest BCUT2D eigenvalue weighted by Gasteiger charge is -2.36. The van der Waals surface area contributed by atoms with Crippen molar-refractivity contribution < 1.29 is 17.4 Å². The lowest BCUT2D eigenvalue weighted by atomic mass is 9.87. The van der Waals surface area contributed by atoms with Gasteiger partial charge >= 0.3 is 16.2 Å². The molecule has 0 unspecified atom stereocenters. The third-order valence-corrected chi connectivity index (χ3v) is 5.85. The molecule has 3 rings (SSSR count). The minimum Gasteiger partial charge on any atom is -0.327 e. The molecule has 7 heteroatoms. The third kappa shape index (κ3) is 4.05. The zero-order chi connectivity index (χ0) is 18.7. The molecule has 0 saturated carbocycles. The quantitative estimate of drug-likeness (QED) is 0.834. The Balaban J connectivity index is 1.72. The van der Waals surface area contributed by atoms with E-state index in [1.54, 1.807) is 12.1 Å². The van der Waals surface area contributed by atoms with Gasteiger partial charge in [0.1, 0.15) is 4.90 Å². The summed E-state index contributed by atoms with van der Waals surface area (Å²) in [5, 5.41) is 0. The van der Waals surface area contributed by atoms with E-state index >= 15 is 0 Å². The zero-order valence-electron chi connectivity index (χ0n) is 14.5. The van der Waals surface area contributed by atoms with Crippen LogP contribution in [0, 0.1) is 6.92 Å². The number of carbonyl (C=O) groups is 1. The van der Waals surface area contributed by atoms with Crippen LogP contribution in [0.1, 0.15) is 23.5 Å². The molecule has 1 aliphatic heterocycles. The molecule has 2 atom stereocenters. The van der Waals surface area contributed by atoms with Gasteiger partial charge in [-0.25, -0.2) is 4.79 Å². The van der Waals surface area contributed by atoms with Crippen molar-refractivity contribution in [3.05, 3.63) is 65.7 Å². The number of amides is 1. The number of hydrogen-bond donors (Lipinski definition) is 1. The first kappa shape index (κ1) is 18.4. The van der Waals surface area contributed by atoms with Gasteiger partial charge < -0.3 is 14.8 Å². The van der Waals surface area contributed by atoms with Crippen molar-refractivity contribution in [2.75, 3.05) is 13.1 Å². The highest BCUT2D eigenvalue weighted by Crippen LogP contribution is 2.27. The Hall–Kier alpha value is -2.38. The average molecular weight is 374 g/mol. The minimum atomic E-state index is -4.14. The third-order valence-electron chi connectivity index (χ3n) is 4.64. The van der Waals surface area contributed by atoms with Gasteiger partial charge in [-0.2, -0.15) is 8.42 Å². The molecule has 2 N–H and O–H groups in total. The fourth-order valence-corrected chi connectivity index (χ4v) is 3.95. The van der Waals surface area contributed by atoms with Crippen LogP contribution in [0.2, 0.25) is 0 Å². The summed E-state index contributed by atoms with van der Waals surface area (Å²) in [7, 11) is -4.14. The highest BCUT2D eigenvalue weighted by molar-refractivity contribution is 7.87. The fraction of sp³-hybridized carbons (Fsp3) is 0.316. The van der Waals surface area contributed by atoms with Crippen LogP contribution in [-0.2, 0) is 14.3 Å². The van der Waals surface area contributed by atoms with Crippen LogP contribution in [0.3, 0.4) is 0 Å². The summed E-state index contributed by atoms with van der Waals surface area (Å²) in [4.78, 5) is 13.8. The second-order valence-corrected chi connectivity index (χ2v) is 8.08. The Morgan fingerprint density at radius 2 is 1.77 bits per heavy atom. The predicted octanol–water partition coefficient (Wildman–Crippen LogP) is 2.64. The van der Waals surface area contributed by atoms with Crippen molar-refractivity contribution in [3.8, 4) is 0 Å². The number of benzene rings is 2. The fourth-order valence-electron chi connectivity index (χ4n) is 3.09. The molecule has 1 aliphatic rings. The van der Waals surface area contributed by atoms with Crippen molar-refractivity contribution >= 4 is 16.2 Å². The number of nitrogens with zero attached hydrogens (tertiary/aromatic N) is 1. The molecule has 1 heterocycles. The van der Waals surface area contributed by atoms with Crippen molar-refractivity contribution in [1.82, 2.24) is 4.90 Å². The summed E-state index contributed by atoms with van der Waals surface area (Å²) >= 11 is 0. The normalized spacial score (nSPS) is 20.6. The molecule has 6 nitrogen and oxygen atoms in total. The standard InChI is InChI=1S/C19H22N2O4S/c1-14-7-9-16(10-8-14)26(23,24)25-19(22)21-12-11-18(20)17(13-21)15-5-3-2-4-6-15/h2-10,17-18H,11-13,20H2,1H3/t17-,18+/m0/s1. The molecule has 2 aromatic carbocycles. The van der Waals surface area contributed by atoms with Crippen LogP contribution >= 0.6 is 0 Å². The van der Waals surface area contributed by atoms with Crippen molar-refractivity contribution in [2.45, 2.75) is 30.2 Å². The van der Waals surface area contributed by atoms with Gasteiger partial charge in [0.2, 0.25) is 0 Å². The van der Waals surface area contributed by atoms with Gasteiger partial charge in [0.15, 0.2) is 0 Å². The number of aryl methyl sites for hydroxylation is 1. The molecular weight excluding hydrogens is 352 g/mol. The van der Waals surface area contributed by atoms with Crippen molar-refractivity contribution in [1.29, 1.82) is 0 Å². The van der Waals surface area contributed by atoms with E-state index in [1.165, 1.54) is 17.0 Å². The lowest BCUT2D eigenvalue weighted by Crippen LogP contribution is -2.48. The summed E-state index contributed by atoms with van der Waals surface area (Å²) in [6, 6.07) is 15.8. The van der Waals surface area contributed by atoms with Gasteiger partial charge in [0, 0.05) is 25.0 Å². The molecule has 0 radical (unpaired) electrons. The number of piperidine rings is 1. The summed E-state index contributed by atoms with van der Waals surface area (Å²) in [5.41, 5.74) is 8.16. The van der Waals surface area contributed by atoms with E-state index in [1.807, 2.05) is 37.3 Å². The lowest BCUT2D eigenvalue weighted by molar-refractivity contribution is 0.134. The highest BCUT2D eigenvalue weighted by Gasteiger charge is 2.33. The van der Waals surface area contributed by atoms with Crippen LogP contribution in [0.5, 0.6) is 0 Å². The Morgan fingerprint density at radius 3 is 2.42 bits per heavy atom. The van der Waals surface area contributed by atoms with Crippen LogP contribution in [0.4, 0.5) is 4.79 Å². The monoisotopic (exact) mass is 374 g/mol. The van der Waals surface area contributed by atoms with E-state index in [2.05, 4.69) is 0 Å². The molecule has 0 aliphatic carbocycles. The molecule has 1 fully saturated rings. The Labute approximate surface area is 153 Å². The molecule has 1 amide bonds. The molecule has 2 aromatic rings. The second kappa shape index (κ2) is 7.47. The van der Waals surface area contributed by atoms with Crippen LogP contribution in [0.15, 0.2) is 59.5 Å². The highest BCUT2D eigenvalue weighted by atomic mass is 32.2. The summed E-state index contributed by atoms with van der Waals surface area (Å²) in [6.45, 7) is 2.54. The Bertz CT molecular complexity index is 866. The first-order valence-corrected chi connectivity index (χ1v) is 9.88. The van der Waals surface area contributed by atoms with E-state index in [9.17, 15) is 13.2 Å². The number of hydrogen-bond acceptors (Lipinski definition) is 5. The van der Waals surface area contributed by atoms with Gasteiger partial charge in [0.05, 0.1) is 0 Å². The molecular formula is C19H22N2O4S. The summed E-state index contributed by atoms with van der Waals surface area (Å²) in [5.74, 6) is -0.0559. The van der Waals surface area contributed by atoms with E-state index < -0.39 is 16.2 Å². The van der Waals surface area contributed by atoms with E-state index in [4.69, 9.17) is 9.92 Å².